The molecular formula is C28H25F4N3O. The van der Waals surface area contributed by atoms with Crippen LogP contribution in [0.1, 0.15) is 42.7 Å². The zero-order valence-electron chi connectivity index (χ0n) is 19.6. The smallest absolute Gasteiger partial charge is 0.334 e. The van der Waals surface area contributed by atoms with Crippen molar-refractivity contribution in [3.05, 3.63) is 83.9 Å². The highest BCUT2D eigenvalue weighted by molar-refractivity contribution is 5.92. The van der Waals surface area contributed by atoms with Gasteiger partial charge in [0.1, 0.15) is 5.82 Å². The number of rotatable bonds is 4. The maximum Gasteiger partial charge on any atom is 0.416 e. The van der Waals surface area contributed by atoms with Crippen molar-refractivity contribution < 1.29 is 22.4 Å². The molecule has 1 heterocycles. The number of nitrogens with one attached hydrogen (secondary N) is 1. The third-order valence-corrected chi connectivity index (χ3v) is 7.04. The van der Waals surface area contributed by atoms with E-state index in [1.54, 1.807) is 6.33 Å². The Kier molecular flexibility index (Phi) is 6.28. The molecular weight excluding hydrogens is 470 g/mol. The first-order valence-corrected chi connectivity index (χ1v) is 11.9. The van der Waals surface area contributed by atoms with Crippen molar-refractivity contribution in [3.63, 3.8) is 0 Å². The number of nitrogens with zero attached hydrogens (tertiary/aromatic N) is 2. The second kappa shape index (κ2) is 9.41. The molecule has 0 bridgehead atoms. The zero-order valence-corrected chi connectivity index (χ0v) is 19.6. The molecule has 1 aromatic heterocycles. The summed E-state index contributed by atoms with van der Waals surface area (Å²) in [5.41, 5.74) is 3.98. The molecule has 1 aliphatic carbocycles. The van der Waals surface area contributed by atoms with E-state index in [2.05, 4.69) is 52.8 Å². The van der Waals surface area contributed by atoms with Crippen LogP contribution in [0.25, 0.3) is 22.2 Å². The Morgan fingerprint density at radius 1 is 1.00 bits per heavy atom. The summed E-state index contributed by atoms with van der Waals surface area (Å²) in [4.78, 5) is 17.2. The number of carbonyl (C=O) groups is 1. The summed E-state index contributed by atoms with van der Waals surface area (Å²) in [6, 6.07) is 16.6. The number of aryl methyl sites for hydroxylation is 1. The minimum atomic E-state index is -4.64. The minimum absolute atomic E-state index is 0.180. The van der Waals surface area contributed by atoms with Crippen LogP contribution < -0.4 is 5.32 Å². The third kappa shape index (κ3) is 4.85. The summed E-state index contributed by atoms with van der Waals surface area (Å²) in [5, 5.41) is 2.49. The van der Waals surface area contributed by atoms with Crippen LogP contribution in [0.15, 0.2) is 67.0 Å². The second-order valence-electron chi connectivity index (χ2n) is 9.42. The zero-order chi connectivity index (χ0) is 25.4. The molecule has 0 saturated heterocycles. The van der Waals surface area contributed by atoms with Gasteiger partial charge in [-0.3, -0.25) is 4.79 Å². The normalized spacial score (nSPS) is 18.4. The highest BCUT2D eigenvalue weighted by atomic mass is 19.4. The maximum atomic E-state index is 14.2. The molecule has 36 heavy (non-hydrogen) atoms. The fourth-order valence-corrected chi connectivity index (χ4v) is 5.02. The molecule has 5 rings (SSSR count). The Bertz CT molecular complexity index is 1410. The van der Waals surface area contributed by atoms with Crippen molar-refractivity contribution in [2.75, 3.05) is 5.32 Å². The molecule has 4 aromatic rings. The average Bonchev–Trinajstić information content (AvgIpc) is 3.24. The fraction of sp³-hybridized carbons (Fsp3) is 0.286. The van der Waals surface area contributed by atoms with Crippen molar-refractivity contribution >= 4 is 22.6 Å². The summed E-state index contributed by atoms with van der Waals surface area (Å²) in [5.74, 6) is -1.61. The number of halogens is 4. The lowest BCUT2D eigenvalue weighted by Gasteiger charge is -2.29. The van der Waals surface area contributed by atoms with E-state index in [4.69, 9.17) is 0 Å². The van der Waals surface area contributed by atoms with E-state index in [-0.39, 0.29) is 23.4 Å². The standard InChI is InChI=1S/C28H25F4N3O/c1-35-16-33-25-14-20(9-12-26(25)35)18-7-5-17(6-8-18)19-3-2-4-21(13-19)27(36)34-24-11-10-22(15-23(24)29)28(30,31)32/h5-12,14-16,19,21H,2-4,13H2,1H3,(H,34,36). The van der Waals surface area contributed by atoms with Gasteiger partial charge in [-0.25, -0.2) is 9.37 Å². The summed E-state index contributed by atoms with van der Waals surface area (Å²) < 4.78 is 54.5. The first-order chi connectivity index (χ1) is 17.2. The number of imidazole rings is 1. The quantitative estimate of drug-likeness (QED) is 0.302. The molecule has 4 nitrogen and oxygen atoms in total. The molecule has 3 aromatic carbocycles. The van der Waals surface area contributed by atoms with Crippen LogP contribution >= 0.6 is 0 Å². The highest BCUT2D eigenvalue weighted by Crippen LogP contribution is 2.38. The molecule has 186 valence electrons. The predicted molar refractivity (Wildman–Crippen MR) is 131 cm³/mol. The Balaban J connectivity index is 1.26. The molecule has 0 radical (unpaired) electrons. The van der Waals surface area contributed by atoms with E-state index in [0.717, 1.165) is 52.7 Å². The van der Waals surface area contributed by atoms with Crippen LogP contribution in [0, 0.1) is 11.7 Å². The highest BCUT2D eigenvalue weighted by Gasteiger charge is 2.32. The number of aromatic nitrogens is 2. The molecule has 1 aliphatic rings. The molecule has 0 aliphatic heterocycles. The predicted octanol–water partition coefficient (Wildman–Crippen LogP) is 7.31. The number of benzene rings is 3. The van der Waals surface area contributed by atoms with Crippen LogP contribution in [0.5, 0.6) is 0 Å². The van der Waals surface area contributed by atoms with Gasteiger partial charge in [0, 0.05) is 13.0 Å². The van der Waals surface area contributed by atoms with Crippen molar-refractivity contribution in [2.24, 2.45) is 13.0 Å². The molecule has 8 heteroatoms. The lowest BCUT2D eigenvalue weighted by molar-refractivity contribution is -0.137. The van der Waals surface area contributed by atoms with E-state index < -0.39 is 17.6 Å². The van der Waals surface area contributed by atoms with Gasteiger partial charge >= 0.3 is 6.18 Å². The number of hydrogen-bond acceptors (Lipinski definition) is 2. The molecule has 1 fully saturated rings. The van der Waals surface area contributed by atoms with Gasteiger partial charge in [0.15, 0.2) is 0 Å². The van der Waals surface area contributed by atoms with Crippen molar-refractivity contribution in [2.45, 2.75) is 37.8 Å². The monoisotopic (exact) mass is 495 g/mol. The number of anilines is 1. The van der Waals surface area contributed by atoms with E-state index in [1.165, 1.54) is 0 Å². The number of alkyl halides is 3. The Morgan fingerprint density at radius 3 is 2.47 bits per heavy atom. The third-order valence-electron chi connectivity index (χ3n) is 7.04. The Hall–Kier alpha value is -3.68. The van der Waals surface area contributed by atoms with Gasteiger partial charge in [-0.15, -0.1) is 0 Å². The van der Waals surface area contributed by atoms with Crippen molar-refractivity contribution in [1.29, 1.82) is 0 Å². The number of fused-ring (bicyclic) bond motifs is 1. The van der Waals surface area contributed by atoms with E-state index >= 15 is 0 Å². The SMILES string of the molecule is Cn1cnc2cc(-c3ccc(C4CCCC(C(=O)Nc5ccc(C(F)(F)F)cc5F)C4)cc3)ccc21. The van der Waals surface area contributed by atoms with Gasteiger partial charge in [-0.1, -0.05) is 36.8 Å². The average molecular weight is 496 g/mol. The Labute approximate surface area is 206 Å². The Morgan fingerprint density at radius 2 is 1.75 bits per heavy atom. The first-order valence-electron chi connectivity index (χ1n) is 11.9. The van der Waals surface area contributed by atoms with Crippen LogP contribution in [0.3, 0.4) is 0 Å². The van der Waals surface area contributed by atoms with Gasteiger partial charge in [0.05, 0.1) is 28.6 Å². The molecule has 0 spiro atoms. The summed E-state index contributed by atoms with van der Waals surface area (Å²) in [6.45, 7) is 0. The fourth-order valence-electron chi connectivity index (χ4n) is 5.02. The van der Waals surface area contributed by atoms with Crippen molar-refractivity contribution in [3.8, 4) is 11.1 Å². The van der Waals surface area contributed by atoms with Gasteiger partial charge in [0.2, 0.25) is 5.91 Å². The molecule has 2 atom stereocenters. The second-order valence-corrected chi connectivity index (χ2v) is 9.42. The summed E-state index contributed by atoms with van der Waals surface area (Å²) >= 11 is 0. The van der Waals surface area contributed by atoms with Gasteiger partial charge in [0.25, 0.3) is 0 Å². The lowest BCUT2D eigenvalue weighted by atomic mass is 9.77. The molecule has 1 N–H and O–H groups in total. The van der Waals surface area contributed by atoms with Crippen LogP contribution in [-0.2, 0) is 18.0 Å². The van der Waals surface area contributed by atoms with Gasteiger partial charge in [-0.2, -0.15) is 13.2 Å². The van der Waals surface area contributed by atoms with Gasteiger partial charge in [-0.05, 0) is 72.2 Å². The lowest BCUT2D eigenvalue weighted by Crippen LogP contribution is -2.28. The van der Waals surface area contributed by atoms with E-state index in [9.17, 15) is 22.4 Å². The summed E-state index contributed by atoms with van der Waals surface area (Å²) in [6.07, 6.45) is 0.202. The largest absolute Gasteiger partial charge is 0.416 e. The van der Waals surface area contributed by atoms with Crippen LogP contribution in [0.4, 0.5) is 23.2 Å². The number of amides is 1. The maximum absolute atomic E-state index is 14.2. The molecule has 1 saturated carbocycles. The molecule has 1 amide bonds. The molecule has 2 unspecified atom stereocenters. The van der Waals surface area contributed by atoms with Crippen molar-refractivity contribution in [1.82, 2.24) is 9.55 Å². The van der Waals surface area contributed by atoms with E-state index in [1.807, 2.05) is 11.6 Å². The number of hydrogen-bond donors (Lipinski definition) is 1. The minimum Gasteiger partial charge on any atom is -0.334 e. The van der Waals surface area contributed by atoms with Crippen LogP contribution in [-0.4, -0.2) is 15.5 Å². The number of carbonyl (C=O) groups excluding carboxylic acids is 1. The van der Waals surface area contributed by atoms with E-state index in [0.29, 0.717) is 18.9 Å². The van der Waals surface area contributed by atoms with Crippen LogP contribution in [0.2, 0.25) is 0 Å². The summed E-state index contributed by atoms with van der Waals surface area (Å²) in [7, 11) is 1.96. The topological polar surface area (TPSA) is 46.9 Å². The van der Waals surface area contributed by atoms with Gasteiger partial charge < -0.3 is 9.88 Å². The first kappa shape index (κ1) is 24.0.